The number of amides is 1. The fourth-order valence-corrected chi connectivity index (χ4v) is 1.47. The van der Waals surface area contributed by atoms with Crippen LogP contribution in [0.5, 0.6) is 11.5 Å². The van der Waals surface area contributed by atoms with Crippen molar-refractivity contribution in [1.29, 1.82) is 0 Å². The van der Waals surface area contributed by atoms with Crippen molar-refractivity contribution < 1.29 is 24.0 Å². The largest absolute Gasteiger partial charge is 0.465 e. The highest BCUT2D eigenvalue weighted by Crippen LogP contribution is 2.28. The second-order valence-electron chi connectivity index (χ2n) is 3.78. The number of carbonyl (C=O) groups is 1. The maximum atomic E-state index is 13.7. The monoisotopic (exact) mass is 293 g/mol. The van der Waals surface area contributed by atoms with Crippen LogP contribution in [0.4, 0.5) is 20.7 Å². The Morgan fingerprint density at radius 2 is 2.14 bits per heavy atom. The summed E-state index contributed by atoms with van der Waals surface area (Å²) in [6.45, 7) is 0. The molecule has 9 heteroatoms. The number of nitro benzene ring substituents is 1. The Morgan fingerprint density at radius 3 is 2.76 bits per heavy atom. The molecule has 1 aromatic heterocycles. The summed E-state index contributed by atoms with van der Waals surface area (Å²) in [5.74, 6) is -1.01. The lowest BCUT2D eigenvalue weighted by molar-refractivity contribution is -0.385. The molecule has 1 heterocycles. The zero-order valence-electron chi connectivity index (χ0n) is 10.3. The van der Waals surface area contributed by atoms with E-state index in [1.807, 2.05) is 5.32 Å². The van der Waals surface area contributed by atoms with Gasteiger partial charge >= 0.3 is 6.09 Å². The summed E-state index contributed by atoms with van der Waals surface area (Å²) < 4.78 is 18.8. The molecule has 0 radical (unpaired) electrons. The van der Waals surface area contributed by atoms with Crippen molar-refractivity contribution in [2.45, 2.75) is 0 Å². The molecule has 0 bridgehead atoms. The summed E-state index contributed by atoms with van der Waals surface area (Å²) >= 11 is 0. The first-order valence-corrected chi connectivity index (χ1v) is 5.53. The van der Waals surface area contributed by atoms with E-state index >= 15 is 0 Å². The Labute approximate surface area is 117 Å². The molecular formula is C12H8FN3O5. The molecule has 2 rings (SSSR count). The fraction of sp³-hybridized carbons (Fsp3) is 0. The van der Waals surface area contributed by atoms with E-state index in [-0.39, 0.29) is 17.3 Å². The van der Waals surface area contributed by atoms with E-state index < -0.39 is 22.5 Å². The molecule has 108 valence electrons. The number of rotatable bonds is 4. The predicted molar refractivity (Wildman–Crippen MR) is 69.0 cm³/mol. The van der Waals surface area contributed by atoms with Crippen molar-refractivity contribution in [3.05, 3.63) is 52.5 Å². The molecule has 0 spiro atoms. The van der Waals surface area contributed by atoms with Crippen LogP contribution >= 0.6 is 0 Å². The van der Waals surface area contributed by atoms with Gasteiger partial charge < -0.3 is 9.84 Å². The van der Waals surface area contributed by atoms with Gasteiger partial charge in [-0.25, -0.2) is 14.2 Å². The van der Waals surface area contributed by atoms with Gasteiger partial charge in [-0.2, -0.15) is 0 Å². The highest BCUT2D eigenvalue weighted by molar-refractivity contribution is 5.81. The molecule has 0 saturated heterocycles. The summed E-state index contributed by atoms with van der Waals surface area (Å²) in [7, 11) is 0. The van der Waals surface area contributed by atoms with Gasteiger partial charge in [0.1, 0.15) is 11.6 Å². The highest BCUT2D eigenvalue weighted by Gasteiger charge is 2.12. The molecule has 8 nitrogen and oxygen atoms in total. The maximum absolute atomic E-state index is 13.7. The zero-order chi connectivity index (χ0) is 15.4. The van der Waals surface area contributed by atoms with Crippen LogP contribution in [0.2, 0.25) is 0 Å². The first-order chi connectivity index (χ1) is 9.95. The number of pyridine rings is 1. The van der Waals surface area contributed by atoms with Crippen molar-refractivity contribution in [2.24, 2.45) is 0 Å². The molecule has 0 fully saturated rings. The van der Waals surface area contributed by atoms with Crippen LogP contribution in [0, 0.1) is 15.9 Å². The fourth-order valence-electron chi connectivity index (χ4n) is 1.47. The molecule has 1 amide bonds. The number of non-ortho nitro benzene ring substituents is 1. The van der Waals surface area contributed by atoms with Gasteiger partial charge in [0.15, 0.2) is 11.6 Å². The summed E-state index contributed by atoms with van der Waals surface area (Å²) in [5, 5.41) is 21.1. The van der Waals surface area contributed by atoms with E-state index in [4.69, 9.17) is 9.84 Å². The number of aromatic nitrogens is 1. The Hall–Kier alpha value is -3.23. The van der Waals surface area contributed by atoms with Gasteiger partial charge in [0.05, 0.1) is 11.0 Å². The number of carboxylic acid groups (broad SMARTS) is 1. The molecule has 0 aliphatic heterocycles. The highest BCUT2D eigenvalue weighted by atomic mass is 19.1. The third-order valence-electron chi connectivity index (χ3n) is 2.32. The number of halogens is 1. The minimum absolute atomic E-state index is 0.00215. The number of benzene rings is 1. The van der Waals surface area contributed by atoms with Crippen molar-refractivity contribution in [3.63, 3.8) is 0 Å². The summed E-state index contributed by atoms with van der Waals surface area (Å²) in [6.07, 6.45) is -0.0367. The van der Waals surface area contributed by atoms with Crippen LogP contribution in [0.1, 0.15) is 0 Å². The lowest BCUT2D eigenvalue weighted by Crippen LogP contribution is -2.08. The van der Waals surface area contributed by atoms with E-state index in [0.29, 0.717) is 0 Å². The van der Waals surface area contributed by atoms with Gasteiger partial charge in [0, 0.05) is 18.3 Å². The zero-order valence-corrected chi connectivity index (χ0v) is 10.3. The lowest BCUT2D eigenvalue weighted by atomic mass is 10.3. The van der Waals surface area contributed by atoms with Crippen molar-refractivity contribution in [2.75, 3.05) is 5.32 Å². The number of hydrogen-bond acceptors (Lipinski definition) is 5. The van der Waals surface area contributed by atoms with Crippen molar-refractivity contribution >= 4 is 17.6 Å². The minimum Gasteiger partial charge on any atom is -0.465 e. The quantitative estimate of drug-likeness (QED) is 0.661. The van der Waals surface area contributed by atoms with Crippen LogP contribution in [-0.2, 0) is 0 Å². The van der Waals surface area contributed by atoms with E-state index in [1.165, 1.54) is 18.3 Å². The average molecular weight is 293 g/mol. The first-order valence-electron chi connectivity index (χ1n) is 5.53. The molecule has 2 N–H and O–H groups in total. The number of nitrogens with zero attached hydrogens (tertiary/aromatic N) is 2. The standard InChI is InChI=1S/C12H8FN3O5/c13-9-5-7(16(19)20)1-2-10(9)21-8-3-4-14-11(6-8)15-12(17)18/h1-6H,(H,14,15)(H,17,18). The topological polar surface area (TPSA) is 115 Å². The van der Waals surface area contributed by atoms with Crippen LogP contribution in [0.3, 0.4) is 0 Å². The van der Waals surface area contributed by atoms with Gasteiger partial charge in [0.25, 0.3) is 5.69 Å². The molecule has 0 atom stereocenters. The molecule has 1 aromatic carbocycles. The molecule has 21 heavy (non-hydrogen) atoms. The van der Waals surface area contributed by atoms with E-state index in [9.17, 15) is 19.3 Å². The smallest absolute Gasteiger partial charge is 0.410 e. The van der Waals surface area contributed by atoms with E-state index in [2.05, 4.69) is 4.98 Å². The van der Waals surface area contributed by atoms with E-state index in [0.717, 1.165) is 18.2 Å². The SMILES string of the molecule is O=C(O)Nc1cc(Oc2ccc([N+](=O)[O-])cc2F)ccn1. The number of hydrogen-bond donors (Lipinski definition) is 2. The van der Waals surface area contributed by atoms with E-state index in [1.54, 1.807) is 0 Å². The number of nitrogens with one attached hydrogen (secondary N) is 1. The second kappa shape index (κ2) is 5.82. The summed E-state index contributed by atoms with van der Waals surface area (Å²) in [4.78, 5) is 24.0. The first kappa shape index (κ1) is 14.2. The Balaban J connectivity index is 2.22. The average Bonchev–Trinajstić information content (AvgIpc) is 2.40. The van der Waals surface area contributed by atoms with Gasteiger partial charge in [-0.15, -0.1) is 0 Å². The third-order valence-corrected chi connectivity index (χ3v) is 2.32. The van der Waals surface area contributed by atoms with Gasteiger partial charge in [-0.3, -0.25) is 15.4 Å². The Bertz CT molecular complexity index is 707. The molecule has 0 aliphatic rings. The molecule has 0 unspecified atom stereocenters. The second-order valence-corrected chi connectivity index (χ2v) is 3.78. The van der Waals surface area contributed by atoms with Crippen molar-refractivity contribution in [1.82, 2.24) is 4.98 Å². The minimum atomic E-state index is -1.30. The summed E-state index contributed by atoms with van der Waals surface area (Å²) in [6, 6.07) is 5.56. The molecular weight excluding hydrogens is 285 g/mol. The van der Waals surface area contributed by atoms with Gasteiger partial charge in [0.2, 0.25) is 0 Å². The summed E-state index contributed by atoms with van der Waals surface area (Å²) in [5.41, 5.74) is -0.400. The number of anilines is 1. The number of nitro groups is 1. The Kier molecular flexibility index (Phi) is 3.93. The number of ether oxygens (including phenoxy) is 1. The van der Waals surface area contributed by atoms with Crippen LogP contribution in [0.15, 0.2) is 36.5 Å². The van der Waals surface area contributed by atoms with Crippen LogP contribution < -0.4 is 10.1 Å². The van der Waals surface area contributed by atoms with Crippen LogP contribution in [-0.4, -0.2) is 21.1 Å². The van der Waals surface area contributed by atoms with Gasteiger partial charge in [-0.1, -0.05) is 0 Å². The Morgan fingerprint density at radius 1 is 1.38 bits per heavy atom. The predicted octanol–water partition coefficient (Wildman–Crippen LogP) is 3.01. The lowest BCUT2D eigenvalue weighted by Gasteiger charge is -2.07. The molecule has 2 aromatic rings. The molecule has 0 aliphatic carbocycles. The van der Waals surface area contributed by atoms with Gasteiger partial charge in [-0.05, 0) is 12.1 Å². The normalized spacial score (nSPS) is 9.95. The maximum Gasteiger partial charge on any atom is 0.410 e. The molecule has 0 saturated carbocycles. The van der Waals surface area contributed by atoms with Crippen molar-refractivity contribution in [3.8, 4) is 11.5 Å². The third kappa shape index (κ3) is 3.62. The van der Waals surface area contributed by atoms with Crippen LogP contribution in [0.25, 0.3) is 0 Å².